The van der Waals surface area contributed by atoms with Gasteiger partial charge in [0.25, 0.3) is 5.69 Å². The largest absolute Gasteiger partial charge is 0.438 e. The first kappa shape index (κ1) is 14.4. The highest BCUT2D eigenvalue weighted by Crippen LogP contribution is 2.34. The Kier molecular flexibility index (Phi) is 4.31. The van der Waals surface area contributed by atoms with Crippen molar-refractivity contribution in [2.24, 2.45) is 5.73 Å². The van der Waals surface area contributed by atoms with E-state index in [2.05, 4.69) is 20.9 Å². The summed E-state index contributed by atoms with van der Waals surface area (Å²) in [4.78, 5) is 14.3. The van der Waals surface area contributed by atoms with Crippen LogP contribution in [0.5, 0.6) is 11.6 Å². The van der Waals surface area contributed by atoms with E-state index in [1.165, 1.54) is 6.20 Å². The molecule has 0 bridgehead atoms. The Labute approximate surface area is 123 Å². The predicted molar refractivity (Wildman–Crippen MR) is 77.7 cm³/mol. The van der Waals surface area contributed by atoms with Crippen molar-refractivity contribution in [3.05, 3.63) is 56.2 Å². The lowest BCUT2D eigenvalue weighted by Gasteiger charge is -2.09. The van der Waals surface area contributed by atoms with Gasteiger partial charge in [-0.15, -0.1) is 0 Å². The third-order valence-corrected chi connectivity index (χ3v) is 3.68. The minimum Gasteiger partial charge on any atom is -0.438 e. The van der Waals surface area contributed by atoms with E-state index in [0.29, 0.717) is 22.3 Å². The van der Waals surface area contributed by atoms with Crippen molar-refractivity contribution < 1.29 is 9.66 Å². The van der Waals surface area contributed by atoms with Crippen LogP contribution in [0.2, 0.25) is 0 Å². The number of pyridine rings is 1. The Bertz CT molecular complexity index is 661. The van der Waals surface area contributed by atoms with Gasteiger partial charge in [0.15, 0.2) is 0 Å². The van der Waals surface area contributed by atoms with Crippen molar-refractivity contribution in [1.29, 1.82) is 0 Å². The molecule has 0 aliphatic heterocycles. The van der Waals surface area contributed by atoms with Crippen molar-refractivity contribution in [3.63, 3.8) is 0 Å². The summed E-state index contributed by atoms with van der Waals surface area (Å²) in [6, 6.07) is 7.27. The number of hydrogen-bond donors (Lipinski definition) is 1. The summed E-state index contributed by atoms with van der Waals surface area (Å²) >= 11 is 3.28. The zero-order valence-corrected chi connectivity index (χ0v) is 12.3. The van der Waals surface area contributed by atoms with Gasteiger partial charge in [0.05, 0.1) is 9.40 Å². The van der Waals surface area contributed by atoms with Crippen molar-refractivity contribution in [3.8, 4) is 11.6 Å². The first-order chi connectivity index (χ1) is 9.52. The van der Waals surface area contributed by atoms with E-state index in [-0.39, 0.29) is 11.6 Å². The van der Waals surface area contributed by atoms with Crippen LogP contribution < -0.4 is 10.5 Å². The van der Waals surface area contributed by atoms with Gasteiger partial charge in [-0.25, -0.2) is 4.98 Å². The molecule has 6 nitrogen and oxygen atoms in total. The van der Waals surface area contributed by atoms with E-state index >= 15 is 0 Å². The van der Waals surface area contributed by atoms with Crippen molar-refractivity contribution in [2.75, 3.05) is 0 Å². The molecule has 1 heterocycles. The molecule has 0 saturated heterocycles. The smallest absolute Gasteiger partial charge is 0.291 e. The van der Waals surface area contributed by atoms with Crippen LogP contribution >= 0.6 is 15.9 Å². The molecule has 2 rings (SSSR count). The summed E-state index contributed by atoms with van der Waals surface area (Å²) in [5.41, 5.74) is 6.90. The second-order valence-electron chi connectivity index (χ2n) is 4.10. The highest BCUT2D eigenvalue weighted by Gasteiger charge is 2.18. The van der Waals surface area contributed by atoms with E-state index in [4.69, 9.17) is 10.5 Å². The summed E-state index contributed by atoms with van der Waals surface area (Å²) in [6.45, 7) is 2.04. The number of ether oxygens (including phenoxy) is 1. The number of aromatic nitrogens is 1. The molecule has 0 fully saturated rings. The Balaban J connectivity index is 2.34. The molecule has 0 amide bonds. The lowest BCUT2D eigenvalue weighted by Crippen LogP contribution is -1.98. The zero-order chi connectivity index (χ0) is 14.7. The molecule has 104 valence electrons. The summed E-state index contributed by atoms with van der Waals surface area (Å²) in [7, 11) is 0. The van der Waals surface area contributed by atoms with Gasteiger partial charge in [-0.3, -0.25) is 10.1 Å². The Morgan fingerprint density at radius 3 is 2.90 bits per heavy atom. The zero-order valence-electron chi connectivity index (χ0n) is 10.7. The van der Waals surface area contributed by atoms with Crippen LogP contribution in [0.1, 0.15) is 11.1 Å². The number of halogens is 1. The van der Waals surface area contributed by atoms with Crippen LogP contribution in [0.25, 0.3) is 0 Å². The van der Waals surface area contributed by atoms with Gasteiger partial charge in [-0.1, -0.05) is 12.1 Å². The van der Waals surface area contributed by atoms with Gasteiger partial charge < -0.3 is 10.5 Å². The first-order valence-corrected chi connectivity index (χ1v) is 6.58. The highest BCUT2D eigenvalue weighted by molar-refractivity contribution is 9.10. The highest BCUT2D eigenvalue weighted by atomic mass is 79.9. The molecule has 0 aliphatic rings. The topological polar surface area (TPSA) is 91.3 Å². The minimum absolute atomic E-state index is 0.0556. The van der Waals surface area contributed by atoms with Gasteiger partial charge >= 0.3 is 0 Å². The summed E-state index contributed by atoms with van der Waals surface area (Å²) < 4.78 is 6.09. The quantitative estimate of drug-likeness (QED) is 0.682. The van der Waals surface area contributed by atoms with Crippen molar-refractivity contribution in [1.82, 2.24) is 4.98 Å². The van der Waals surface area contributed by atoms with Crippen LogP contribution in [0.3, 0.4) is 0 Å². The summed E-state index contributed by atoms with van der Waals surface area (Å²) in [5.74, 6) is 0.858. The van der Waals surface area contributed by atoms with Crippen LogP contribution in [0.4, 0.5) is 5.69 Å². The fourth-order valence-corrected chi connectivity index (χ4v) is 2.04. The molecule has 7 heteroatoms. The third-order valence-electron chi connectivity index (χ3n) is 2.75. The van der Waals surface area contributed by atoms with Crippen molar-refractivity contribution in [2.45, 2.75) is 13.5 Å². The third kappa shape index (κ3) is 2.94. The molecule has 0 aliphatic carbocycles. The van der Waals surface area contributed by atoms with Gasteiger partial charge in [0.1, 0.15) is 11.9 Å². The van der Waals surface area contributed by atoms with Crippen LogP contribution in [-0.2, 0) is 6.54 Å². The van der Waals surface area contributed by atoms with E-state index in [9.17, 15) is 10.1 Å². The summed E-state index contributed by atoms with van der Waals surface area (Å²) in [5, 5.41) is 10.8. The molecular weight excluding hydrogens is 326 g/mol. The molecule has 0 saturated carbocycles. The number of benzene rings is 1. The summed E-state index contributed by atoms with van der Waals surface area (Å²) in [6.07, 6.45) is 1.18. The fraction of sp³-hybridized carbons (Fsp3) is 0.154. The van der Waals surface area contributed by atoms with Crippen LogP contribution in [0, 0.1) is 17.0 Å². The van der Waals surface area contributed by atoms with Gasteiger partial charge in [0, 0.05) is 12.1 Å². The average Bonchev–Trinajstić information content (AvgIpc) is 2.44. The predicted octanol–water partition coefficient (Wildman–Crippen LogP) is 3.31. The minimum atomic E-state index is -0.480. The molecule has 2 N–H and O–H groups in total. The van der Waals surface area contributed by atoms with Crippen molar-refractivity contribution >= 4 is 21.6 Å². The Hall–Kier alpha value is -1.99. The Morgan fingerprint density at radius 2 is 2.25 bits per heavy atom. The molecule has 0 atom stereocenters. The molecule has 20 heavy (non-hydrogen) atoms. The normalized spacial score (nSPS) is 10.3. The number of nitrogens with two attached hydrogens (primary N) is 1. The van der Waals surface area contributed by atoms with Crippen LogP contribution in [0.15, 0.2) is 34.9 Å². The lowest BCUT2D eigenvalue weighted by atomic mass is 10.2. The number of nitro groups is 1. The van der Waals surface area contributed by atoms with Gasteiger partial charge in [-0.2, -0.15) is 0 Å². The van der Waals surface area contributed by atoms with Gasteiger partial charge in [0.2, 0.25) is 5.88 Å². The van der Waals surface area contributed by atoms with Gasteiger partial charge in [-0.05, 0) is 40.5 Å². The SMILES string of the molecule is Cc1c([N+](=O)[O-])cnc(Oc2cccc(CN)c2)c1Br. The standard InChI is InChI=1S/C13H12BrN3O3/c1-8-11(17(18)19)7-16-13(12(8)14)20-10-4-2-3-9(5-10)6-15/h2-5,7H,6,15H2,1H3. The maximum Gasteiger partial charge on any atom is 0.291 e. The molecule has 1 aromatic heterocycles. The maximum atomic E-state index is 10.8. The fourth-order valence-electron chi connectivity index (χ4n) is 1.65. The molecule has 0 radical (unpaired) electrons. The number of nitrogens with zero attached hydrogens (tertiary/aromatic N) is 2. The number of rotatable bonds is 4. The van der Waals surface area contributed by atoms with Crippen LogP contribution in [-0.4, -0.2) is 9.91 Å². The van der Waals surface area contributed by atoms with E-state index < -0.39 is 4.92 Å². The lowest BCUT2D eigenvalue weighted by molar-refractivity contribution is -0.385. The molecule has 0 unspecified atom stereocenters. The van der Waals surface area contributed by atoms with E-state index in [1.54, 1.807) is 19.1 Å². The second kappa shape index (κ2) is 5.98. The molecular formula is C13H12BrN3O3. The van der Waals surface area contributed by atoms with E-state index in [1.807, 2.05) is 12.1 Å². The first-order valence-electron chi connectivity index (χ1n) is 5.79. The average molecular weight is 338 g/mol. The number of hydrogen-bond acceptors (Lipinski definition) is 5. The monoisotopic (exact) mass is 337 g/mol. The maximum absolute atomic E-state index is 10.8. The Morgan fingerprint density at radius 1 is 1.50 bits per heavy atom. The molecule has 0 spiro atoms. The molecule has 2 aromatic rings. The second-order valence-corrected chi connectivity index (χ2v) is 4.89. The molecule has 1 aromatic carbocycles. The van der Waals surface area contributed by atoms with E-state index in [0.717, 1.165) is 5.56 Å².